The molecule has 0 amide bonds. The van der Waals surface area contributed by atoms with E-state index < -0.39 is 7.20 Å². The Morgan fingerprint density at radius 3 is 2.12 bits per heavy atom. The van der Waals surface area contributed by atoms with Crippen LogP contribution in [0.5, 0.6) is 0 Å². The topological polar surface area (TPSA) is 0 Å². The molecule has 136 valence electrons. The van der Waals surface area contributed by atoms with Crippen LogP contribution in [-0.4, -0.2) is 0 Å². The molecule has 1 atom stereocenters. The van der Waals surface area contributed by atoms with Crippen molar-refractivity contribution in [3.63, 3.8) is 0 Å². The van der Waals surface area contributed by atoms with Crippen LogP contribution in [0, 0.1) is 0 Å². The zero-order valence-electron chi connectivity index (χ0n) is 15.2. The Hall–Kier alpha value is -1.00. The van der Waals surface area contributed by atoms with Gasteiger partial charge in [0.25, 0.3) is 0 Å². The van der Waals surface area contributed by atoms with Crippen LogP contribution in [-0.2, 0) is 0 Å². The lowest BCUT2D eigenvalue weighted by Gasteiger charge is -2.37. The van der Waals surface area contributed by atoms with Crippen molar-refractivity contribution in [1.29, 1.82) is 0 Å². The first-order valence-electron chi connectivity index (χ1n) is 9.83. The summed E-state index contributed by atoms with van der Waals surface area (Å²) in [6, 6.07) is 20.8. The molecule has 2 aliphatic rings. The van der Waals surface area contributed by atoms with E-state index in [0.717, 1.165) is 12.3 Å². The highest BCUT2D eigenvalue weighted by Crippen LogP contribution is 2.74. The summed E-state index contributed by atoms with van der Waals surface area (Å²) in [4.78, 5) is 4.42. The van der Waals surface area contributed by atoms with Gasteiger partial charge in [-0.2, -0.15) is 0 Å². The molecule has 4 rings (SSSR count). The normalized spacial score (nSPS) is 21.7. The predicted molar refractivity (Wildman–Crippen MR) is 123 cm³/mol. The maximum absolute atomic E-state index is 2.76. The molecule has 26 heavy (non-hydrogen) atoms. The van der Waals surface area contributed by atoms with Gasteiger partial charge in [0.05, 0.1) is 0 Å². The minimum atomic E-state index is -1.20. The summed E-state index contributed by atoms with van der Waals surface area (Å²) in [6.45, 7) is 0. The lowest BCUT2D eigenvalue weighted by Crippen LogP contribution is -2.05. The van der Waals surface area contributed by atoms with Crippen LogP contribution in [0.2, 0.25) is 0 Å². The fraction of sp³-hybridized carbons (Fsp3) is 0.333. The molecule has 2 aliphatic carbocycles. The second kappa shape index (κ2) is 8.35. The second-order valence-electron chi connectivity index (χ2n) is 7.34. The SMILES string of the molecule is IS(C1=CCCC=C1)(c1ccccc1)c1ccc(C2CCCCC2)cc1. The Balaban J connectivity index is 1.72. The predicted octanol–water partition coefficient (Wildman–Crippen LogP) is 8.54. The van der Waals surface area contributed by atoms with Crippen LogP contribution in [0.1, 0.15) is 56.4 Å². The Morgan fingerprint density at radius 2 is 1.46 bits per heavy atom. The van der Waals surface area contributed by atoms with Crippen LogP contribution in [0.4, 0.5) is 0 Å². The van der Waals surface area contributed by atoms with Crippen molar-refractivity contribution in [2.45, 2.75) is 60.7 Å². The second-order valence-corrected chi connectivity index (χ2v) is 13.8. The molecule has 0 aliphatic heterocycles. The van der Waals surface area contributed by atoms with Gasteiger partial charge in [-0.15, -0.1) is 7.20 Å². The first-order valence-corrected chi connectivity index (χ1v) is 14.0. The minimum absolute atomic E-state index is 0.780. The molecule has 0 N–H and O–H groups in total. The minimum Gasteiger partial charge on any atom is -0.106 e. The van der Waals surface area contributed by atoms with Gasteiger partial charge in [0.2, 0.25) is 0 Å². The maximum atomic E-state index is 2.76. The van der Waals surface area contributed by atoms with Crippen LogP contribution >= 0.6 is 28.4 Å². The molecule has 2 aromatic carbocycles. The zero-order valence-corrected chi connectivity index (χ0v) is 18.2. The van der Waals surface area contributed by atoms with E-state index in [2.05, 4.69) is 94.0 Å². The summed E-state index contributed by atoms with van der Waals surface area (Å²) < 4.78 is 0. The quantitative estimate of drug-likeness (QED) is 0.390. The molecule has 2 aromatic rings. The van der Waals surface area contributed by atoms with Crippen molar-refractivity contribution in [3.8, 4) is 0 Å². The van der Waals surface area contributed by atoms with Crippen molar-refractivity contribution in [3.05, 3.63) is 83.3 Å². The van der Waals surface area contributed by atoms with E-state index in [1.165, 1.54) is 53.2 Å². The summed E-state index contributed by atoms with van der Waals surface area (Å²) in [5.41, 5.74) is 1.55. The van der Waals surface area contributed by atoms with Gasteiger partial charge in [-0.05, 0) is 82.6 Å². The van der Waals surface area contributed by atoms with Gasteiger partial charge in [0.1, 0.15) is 0 Å². The lowest BCUT2D eigenvalue weighted by molar-refractivity contribution is 0.443. The third-order valence-electron chi connectivity index (χ3n) is 5.64. The van der Waals surface area contributed by atoms with Gasteiger partial charge in [-0.3, -0.25) is 0 Å². The Bertz CT molecular complexity index is 785. The molecule has 0 spiro atoms. The van der Waals surface area contributed by atoms with Gasteiger partial charge in [-0.25, -0.2) is 0 Å². The average Bonchev–Trinajstić information content (AvgIpc) is 2.75. The molecule has 0 radical (unpaired) electrons. The summed E-state index contributed by atoms with van der Waals surface area (Å²) in [5, 5.41) is 0. The van der Waals surface area contributed by atoms with E-state index in [-0.39, 0.29) is 0 Å². The number of benzene rings is 2. The lowest BCUT2D eigenvalue weighted by atomic mass is 9.84. The maximum Gasteiger partial charge on any atom is 0.00703 e. The van der Waals surface area contributed by atoms with Crippen LogP contribution in [0.3, 0.4) is 0 Å². The van der Waals surface area contributed by atoms with Gasteiger partial charge in [0.15, 0.2) is 0 Å². The standard InChI is InChI=1S/C24H27IS/c25-26(22-12-6-2-7-13-22,23-14-8-3-9-15-23)24-18-16-21(17-19-24)20-10-4-1-5-11-20/h2,6-8,12-20H,1,3-5,9-11H2. The molecule has 0 nitrogen and oxygen atoms in total. The molecule has 2 heteroatoms. The number of hydrogen-bond acceptors (Lipinski definition) is 0. The van der Waals surface area contributed by atoms with Gasteiger partial charge >= 0.3 is 0 Å². The molecule has 0 saturated heterocycles. The number of hydrogen-bond donors (Lipinski definition) is 0. The highest BCUT2D eigenvalue weighted by molar-refractivity contribution is 14.2. The van der Waals surface area contributed by atoms with Crippen molar-refractivity contribution in [2.24, 2.45) is 0 Å². The van der Waals surface area contributed by atoms with Gasteiger partial charge in [-0.1, -0.05) is 67.8 Å². The molecule has 0 aromatic heterocycles. The molecule has 0 heterocycles. The molecular formula is C24H27IS. The van der Waals surface area contributed by atoms with E-state index in [9.17, 15) is 0 Å². The smallest absolute Gasteiger partial charge is 0.00703 e. The largest absolute Gasteiger partial charge is 0.106 e. The third kappa shape index (κ3) is 3.68. The number of halogens is 1. The van der Waals surface area contributed by atoms with Crippen molar-refractivity contribution < 1.29 is 0 Å². The van der Waals surface area contributed by atoms with E-state index >= 15 is 0 Å². The van der Waals surface area contributed by atoms with E-state index in [1.54, 1.807) is 5.56 Å². The first kappa shape index (κ1) is 18.4. The molecule has 0 bridgehead atoms. The average molecular weight is 474 g/mol. The van der Waals surface area contributed by atoms with Gasteiger partial charge < -0.3 is 0 Å². The molecule has 1 fully saturated rings. The van der Waals surface area contributed by atoms with E-state index in [1.807, 2.05) is 0 Å². The van der Waals surface area contributed by atoms with Crippen molar-refractivity contribution in [2.75, 3.05) is 0 Å². The molecule has 1 unspecified atom stereocenters. The Kier molecular flexibility index (Phi) is 5.90. The monoisotopic (exact) mass is 474 g/mol. The van der Waals surface area contributed by atoms with Crippen molar-refractivity contribution in [1.82, 2.24) is 0 Å². The van der Waals surface area contributed by atoms with E-state index in [0.29, 0.717) is 0 Å². The van der Waals surface area contributed by atoms with Crippen LogP contribution < -0.4 is 0 Å². The van der Waals surface area contributed by atoms with E-state index in [4.69, 9.17) is 0 Å². The van der Waals surface area contributed by atoms with Crippen LogP contribution in [0.15, 0.2) is 87.5 Å². The summed E-state index contributed by atoms with van der Waals surface area (Å²) in [5.74, 6) is 0.780. The Morgan fingerprint density at radius 1 is 0.769 bits per heavy atom. The third-order valence-corrected chi connectivity index (χ3v) is 13.0. The summed E-state index contributed by atoms with van der Waals surface area (Å²) in [7, 11) is -1.20. The van der Waals surface area contributed by atoms with Gasteiger partial charge in [0, 0.05) is 14.7 Å². The molecular weight excluding hydrogens is 447 g/mol. The first-order chi connectivity index (χ1) is 12.8. The summed E-state index contributed by atoms with van der Waals surface area (Å²) in [6.07, 6.45) is 16.5. The highest BCUT2D eigenvalue weighted by atomic mass is 127. The number of allylic oxidation sites excluding steroid dienone is 3. The molecule has 1 saturated carbocycles. The summed E-state index contributed by atoms with van der Waals surface area (Å²) >= 11 is 2.76. The number of rotatable bonds is 4. The Labute approximate surface area is 171 Å². The highest BCUT2D eigenvalue weighted by Gasteiger charge is 2.29. The zero-order chi connectivity index (χ0) is 17.8. The fourth-order valence-corrected chi connectivity index (χ4v) is 9.41. The fourth-order valence-electron chi connectivity index (χ4n) is 4.18. The van der Waals surface area contributed by atoms with Crippen LogP contribution in [0.25, 0.3) is 0 Å². The van der Waals surface area contributed by atoms with Crippen molar-refractivity contribution >= 4 is 28.4 Å².